The van der Waals surface area contributed by atoms with Crippen LogP contribution in [0.1, 0.15) is 47.6 Å². The summed E-state index contributed by atoms with van der Waals surface area (Å²) in [6.07, 6.45) is 3.28. The van der Waals surface area contributed by atoms with Gasteiger partial charge in [-0.05, 0) is 6.92 Å². The van der Waals surface area contributed by atoms with Crippen LogP contribution < -0.4 is 4.90 Å². The molecule has 1 aromatic carbocycles. The Kier molecular flexibility index (Phi) is 4.02. The third-order valence-electron chi connectivity index (χ3n) is 4.89. The lowest BCUT2D eigenvalue weighted by Gasteiger charge is -2.24. The van der Waals surface area contributed by atoms with E-state index in [4.69, 9.17) is 0 Å². The molecule has 0 spiro atoms. The van der Waals surface area contributed by atoms with Crippen molar-refractivity contribution in [3.63, 3.8) is 0 Å². The fourth-order valence-electron chi connectivity index (χ4n) is 3.58. The van der Waals surface area contributed by atoms with Crippen LogP contribution in [0.4, 0.5) is 0 Å². The summed E-state index contributed by atoms with van der Waals surface area (Å²) in [5, 5.41) is 15.2. The van der Waals surface area contributed by atoms with Gasteiger partial charge in [0.1, 0.15) is 4.88 Å². The van der Waals surface area contributed by atoms with Crippen molar-refractivity contribution in [3.8, 4) is 5.88 Å². The Morgan fingerprint density at radius 1 is 1.25 bits per heavy atom. The minimum Gasteiger partial charge on any atom is -0.492 e. The second-order valence-electron chi connectivity index (χ2n) is 6.57. The van der Waals surface area contributed by atoms with Gasteiger partial charge in [0.2, 0.25) is 10.8 Å². The van der Waals surface area contributed by atoms with Crippen LogP contribution in [0.25, 0.3) is 4.96 Å². The van der Waals surface area contributed by atoms with Gasteiger partial charge in [-0.15, -0.1) is 5.10 Å². The minimum absolute atomic E-state index is 0.159. The Morgan fingerprint density at radius 2 is 1.96 bits per heavy atom. The molecule has 1 saturated heterocycles. The minimum atomic E-state index is 0.159. The number of quaternary nitrogens is 1. The van der Waals surface area contributed by atoms with E-state index in [1.54, 1.807) is 15.9 Å². The number of likely N-dealkylation sites (tertiary alicyclic amines) is 1. The molecule has 1 aliphatic rings. The number of benzene rings is 1. The summed E-state index contributed by atoms with van der Waals surface area (Å²) < 4.78 is 1.61. The molecule has 4 rings (SSSR count). The van der Waals surface area contributed by atoms with Crippen LogP contribution in [0.3, 0.4) is 0 Å². The van der Waals surface area contributed by atoms with Crippen molar-refractivity contribution < 1.29 is 10.0 Å². The lowest BCUT2D eigenvalue weighted by atomic mass is 10.0. The summed E-state index contributed by atoms with van der Waals surface area (Å²) in [4.78, 5) is 7.82. The van der Waals surface area contributed by atoms with Gasteiger partial charge in [0, 0.05) is 24.8 Å². The lowest BCUT2D eigenvalue weighted by molar-refractivity contribution is -0.913. The molecule has 3 heterocycles. The molecule has 6 heteroatoms. The molecule has 1 fully saturated rings. The van der Waals surface area contributed by atoms with Crippen LogP contribution in [-0.4, -0.2) is 32.8 Å². The smallest absolute Gasteiger partial charge is 0.235 e. The van der Waals surface area contributed by atoms with Gasteiger partial charge in [0.25, 0.3) is 0 Å². The highest BCUT2D eigenvalue weighted by Gasteiger charge is 2.34. The molecule has 0 unspecified atom stereocenters. The maximum atomic E-state index is 10.8. The van der Waals surface area contributed by atoms with E-state index >= 15 is 0 Å². The van der Waals surface area contributed by atoms with Gasteiger partial charge in [-0.2, -0.15) is 4.52 Å². The maximum Gasteiger partial charge on any atom is 0.235 e. The predicted molar refractivity (Wildman–Crippen MR) is 94.9 cm³/mol. The lowest BCUT2D eigenvalue weighted by Crippen LogP contribution is -3.10. The zero-order chi connectivity index (χ0) is 16.7. The third-order valence-corrected chi connectivity index (χ3v) is 5.97. The zero-order valence-electron chi connectivity index (χ0n) is 14.1. The van der Waals surface area contributed by atoms with Crippen LogP contribution >= 0.6 is 11.3 Å². The number of aromatic nitrogens is 3. The summed E-state index contributed by atoms with van der Waals surface area (Å²) in [5.74, 6) is 1.04. The van der Waals surface area contributed by atoms with Gasteiger partial charge in [-0.1, -0.05) is 48.1 Å². The topological polar surface area (TPSA) is 54.9 Å². The Balaban J connectivity index is 1.82. The fraction of sp³-hybridized carbons (Fsp3) is 0.444. The average molecular weight is 343 g/mol. The summed E-state index contributed by atoms with van der Waals surface area (Å²) in [6, 6.07) is 8.85. The Morgan fingerprint density at radius 3 is 2.58 bits per heavy atom. The van der Waals surface area contributed by atoms with E-state index in [0.717, 1.165) is 35.2 Å². The van der Waals surface area contributed by atoms with Crippen molar-refractivity contribution in [2.45, 2.75) is 39.2 Å². The highest BCUT2D eigenvalue weighted by Crippen LogP contribution is 2.35. The molecule has 0 saturated carbocycles. The Labute approximate surface area is 145 Å². The number of nitrogens with one attached hydrogen (secondary N) is 1. The van der Waals surface area contributed by atoms with Gasteiger partial charge in [0.15, 0.2) is 11.9 Å². The number of rotatable bonds is 4. The molecule has 126 valence electrons. The van der Waals surface area contributed by atoms with Crippen molar-refractivity contribution >= 4 is 16.3 Å². The highest BCUT2D eigenvalue weighted by atomic mass is 32.1. The first kappa shape index (κ1) is 15.6. The number of fused-ring (bicyclic) bond motifs is 1. The van der Waals surface area contributed by atoms with Gasteiger partial charge in [-0.25, -0.2) is 4.98 Å². The molecule has 3 aromatic rings. The summed E-state index contributed by atoms with van der Waals surface area (Å²) in [6.45, 7) is 6.42. The third kappa shape index (κ3) is 2.59. The summed E-state index contributed by atoms with van der Waals surface area (Å²) >= 11 is 1.57. The zero-order valence-corrected chi connectivity index (χ0v) is 14.9. The molecule has 1 aliphatic heterocycles. The molecule has 0 aliphatic carbocycles. The number of hydrogen-bond donors (Lipinski definition) is 2. The van der Waals surface area contributed by atoms with Crippen LogP contribution in [-0.2, 0) is 6.42 Å². The second kappa shape index (κ2) is 6.18. The van der Waals surface area contributed by atoms with Gasteiger partial charge < -0.3 is 10.0 Å². The van der Waals surface area contributed by atoms with Gasteiger partial charge in [0.05, 0.1) is 13.1 Å². The number of aryl methyl sites for hydroxylation is 2. The molecule has 5 nitrogen and oxygen atoms in total. The number of nitrogens with zero attached hydrogens (tertiary/aromatic N) is 3. The van der Waals surface area contributed by atoms with Crippen molar-refractivity contribution in [1.82, 2.24) is 14.6 Å². The van der Waals surface area contributed by atoms with E-state index in [0.29, 0.717) is 0 Å². The SMILES string of the molecule is CCc1nc2sc([C@@H](c3ccc(C)cc3)[NH+]3CCCC3)c(O)n2n1. The summed E-state index contributed by atoms with van der Waals surface area (Å²) in [5.41, 5.74) is 2.52. The maximum absolute atomic E-state index is 10.8. The van der Waals surface area contributed by atoms with Gasteiger partial charge >= 0.3 is 0 Å². The van der Waals surface area contributed by atoms with Crippen molar-refractivity contribution in [1.29, 1.82) is 0 Å². The monoisotopic (exact) mass is 343 g/mol. The fourth-order valence-corrected chi connectivity index (χ4v) is 4.74. The standard InChI is InChI=1S/C18H22N4OS/c1-3-14-19-18-22(20-14)17(23)16(24-18)15(21-10-4-5-11-21)13-8-6-12(2)7-9-13/h6-9,15,23H,3-5,10-11H2,1-2H3/p+1/t15-/m1/s1. The van der Waals surface area contributed by atoms with Crippen LogP contribution in [0.2, 0.25) is 0 Å². The van der Waals surface area contributed by atoms with Crippen molar-refractivity contribution in [2.75, 3.05) is 13.1 Å². The van der Waals surface area contributed by atoms with Crippen molar-refractivity contribution in [3.05, 3.63) is 46.1 Å². The normalized spacial score (nSPS) is 16.9. The summed E-state index contributed by atoms with van der Waals surface area (Å²) in [7, 11) is 0. The first-order valence-corrected chi connectivity index (χ1v) is 9.47. The molecule has 0 bridgehead atoms. The molecular formula is C18H23N4OS+. The van der Waals surface area contributed by atoms with Crippen LogP contribution in [0.15, 0.2) is 24.3 Å². The molecule has 1 atom stereocenters. The number of hydrogen-bond acceptors (Lipinski definition) is 4. The first-order valence-electron chi connectivity index (χ1n) is 8.66. The molecule has 24 heavy (non-hydrogen) atoms. The molecule has 2 N–H and O–H groups in total. The predicted octanol–water partition coefficient (Wildman–Crippen LogP) is 2.14. The van der Waals surface area contributed by atoms with E-state index in [1.165, 1.54) is 28.9 Å². The molecule has 2 aromatic heterocycles. The van der Waals surface area contributed by atoms with E-state index in [-0.39, 0.29) is 11.9 Å². The number of aromatic hydroxyl groups is 1. The molecule has 0 radical (unpaired) electrons. The van der Waals surface area contributed by atoms with E-state index < -0.39 is 0 Å². The van der Waals surface area contributed by atoms with Crippen LogP contribution in [0, 0.1) is 6.92 Å². The largest absolute Gasteiger partial charge is 0.492 e. The van der Waals surface area contributed by atoms with E-state index in [2.05, 4.69) is 41.3 Å². The quantitative estimate of drug-likeness (QED) is 0.763. The average Bonchev–Trinajstić information content (AvgIpc) is 3.29. The van der Waals surface area contributed by atoms with Crippen molar-refractivity contribution in [2.24, 2.45) is 0 Å². The number of thiazole rings is 1. The van der Waals surface area contributed by atoms with Crippen LogP contribution in [0.5, 0.6) is 5.88 Å². The Bertz CT molecular complexity index is 846. The van der Waals surface area contributed by atoms with Gasteiger partial charge in [-0.3, -0.25) is 0 Å². The highest BCUT2D eigenvalue weighted by molar-refractivity contribution is 7.17. The first-order chi connectivity index (χ1) is 11.7. The molecule has 0 amide bonds. The van der Waals surface area contributed by atoms with E-state index in [9.17, 15) is 5.11 Å². The Hall–Kier alpha value is -1.92. The molecular weight excluding hydrogens is 320 g/mol. The van der Waals surface area contributed by atoms with E-state index in [1.807, 2.05) is 6.92 Å². The second-order valence-corrected chi connectivity index (χ2v) is 7.58.